The topological polar surface area (TPSA) is 30.5 Å². The second-order valence-corrected chi connectivity index (χ2v) is 3.33. The van der Waals surface area contributed by atoms with Crippen LogP contribution in [0, 0.1) is 0 Å². The predicted octanol–water partition coefficient (Wildman–Crippen LogP) is 2.63. The van der Waals surface area contributed by atoms with E-state index in [1.165, 1.54) is 0 Å². The summed E-state index contributed by atoms with van der Waals surface area (Å²) in [4.78, 5) is 0. The van der Waals surface area contributed by atoms with Crippen LogP contribution in [-0.4, -0.2) is 20.8 Å². The quantitative estimate of drug-likeness (QED) is 0.782. The monoisotopic (exact) mass is 245 g/mol. The number of ether oxygens (including phenoxy) is 2. The maximum absolute atomic E-state index is 5.33. The van der Waals surface area contributed by atoms with Gasteiger partial charge in [0, 0.05) is 12.1 Å². The van der Waals surface area contributed by atoms with Crippen LogP contribution in [0.4, 0.5) is 0 Å². The van der Waals surface area contributed by atoms with E-state index in [4.69, 9.17) is 9.47 Å². The maximum Gasteiger partial charge on any atom is 0.165 e. The van der Waals surface area contributed by atoms with Crippen molar-refractivity contribution in [3.05, 3.63) is 23.8 Å². The zero-order chi connectivity index (χ0) is 11.1. The first kappa shape index (κ1) is 15.1. The molecule has 1 aromatic rings. The fourth-order valence-corrected chi connectivity index (χ4v) is 1.49. The molecule has 4 heteroatoms. The van der Waals surface area contributed by atoms with Crippen LogP contribution < -0.4 is 14.8 Å². The Morgan fingerprint density at radius 1 is 1.19 bits per heavy atom. The standard InChI is InChI=1S/C12H19NO2.ClH/c1-4-8-13-9-10-6-5-7-11(14-2)12(10)15-3;/h5-7,13H,4,8-9H2,1-3H3;1H. The zero-order valence-electron chi connectivity index (χ0n) is 10.1. The van der Waals surface area contributed by atoms with Gasteiger partial charge in [-0.2, -0.15) is 0 Å². The number of para-hydroxylation sites is 1. The van der Waals surface area contributed by atoms with Crippen LogP contribution in [0.2, 0.25) is 0 Å². The minimum Gasteiger partial charge on any atom is -0.493 e. The first-order valence-corrected chi connectivity index (χ1v) is 5.24. The molecule has 1 aromatic carbocycles. The van der Waals surface area contributed by atoms with Crippen LogP contribution >= 0.6 is 12.4 Å². The number of rotatable bonds is 6. The first-order chi connectivity index (χ1) is 7.33. The van der Waals surface area contributed by atoms with E-state index in [0.29, 0.717) is 0 Å². The summed E-state index contributed by atoms with van der Waals surface area (Å²) in [5.74, 6) is 1.61. The van der Waals surface area contributed by atoms with Gasteiger partial charge in [0.05, 0.1) is 14.2 Å². The minimum atomic E-state index is 0. The van der Waals surface area contributed by atoms with Gasteiger partial charge in [-0.15, -0.1) is 12.4 Å². The second kappa shape index (κ2) is 8.25. The van der Waals surface area contributed by atoms with Crippen LogP contribution in [0.1, 0.15) is 18.9 Å². The Bertz CT molecular complexity index is 305. The molecular formula is C12H20ClNO2. The third-order valence-electron chi connectivity index (χ3n) is 2.23. The summed E-state index contributed by atoms with van der Waals surface area (Å²) in [6, 6.07) is 5.93. The molecule has 0 bridgehead atoms. The molecule has 0 saturated carbocycles. The molecule has 3 nitrogen and oxygen atoms in total. The summed E-state index contributed by atoms with van der Waals surface area (Å²) in [7, 11) is 3.32. The van der Waals surface area contributed by atoms with E-state index in [-0.39, 0.29) is 12.4 Å². The Kier molecular flexibility index (Phi) is 7.77. The molecule has 0 aliphatic rings. The fraction of sp³-hybridized carbons (Fsp3) is 0.500. The molecule has 0 radical (unpaired) electrons. The van der Waals surface area contributed by atoms with E-state index in [0.717, 1.165) is 36.6 Å². The van der Waals surface area contributed by atoms with Crippen molar-refractivity contribution in [2.24, 2.45) is 0 Å². The summed E-state index contributed by atoms with van der Waals surface area (Å²) >= 11 is 0. The minimum absolute atomic E-state index is 0. The fourth-order valence-electron chi connectivity index (χ4n) is 1.49. The second-order valence-electron chi connectivity index (χ2n) is 3.33. The Labute approximate surface area is 104 Å². The van der Waals surface area contributed by atoms with E-state index in [9.17, 15) is 0 Å². The first-order valence-electron chi connectivity index (χ1n) is 5.24. The van der Waals surface area contributed by atoms with Gasteiger partial charge in [0.15, 0.2) is 11.5 Å². The largest absolute Gasteiger partial charge is 0.493 e. The highest BCUT2D eigenvalue weighted by molar-refractivity contribution is 5.85. The number of benzene rings is 1. The van der Waals surface area contributed by atoms with E-state index >= 15 is 0 Å². The highest BCUT2D eigenvalue weighted by atomic mass is 35.5. The number of halogens is 1. The molecule has 0 aromatic heterocycles. The van der Waals surface area contributed by atoms with Gasteiger partial charge in [-0.1, -0.05) is 19.1 Å². The van der Waals surface area contributed by atoms with Gasteiger partial charge in [-0.05, 0) is 19.0 Å². The summed E-state index contributed by atoms with van der Waals surface area (Å²) < 4.78 is 10.6. The molecule has 0 atom stereocenters. The Morgan fingerprint density at radius 2 is 1.94 bits per heavy atom. The molecule has 0 aliphatic carbocycles. The van der Waals surface area contributed by atoms with Crippen LogP contribution in [0.3, 0.4) is 0 Å². The van der Waals surface area contributed by atoms with Crippen molar-refractivity contribution in [1.29, 1.82) is 0 Å². The number of nitrogens with one attached hydrogen (secondary N) is 1. The van der Waals surface area contributed by atoms with Gasteiger partial charge in [0.25, 0.3) is 0 Å². The summed E-state index contributed by atoms with van der Waals surface area (Å²) in [6.45, 7) is 3.98. The average molecular weight is 246 g/mol. The molecule has 16 heavy (non-hydrogen) atoms. The third kappa shape index (κ3) is 3.91. The SMILES string of the molecule is CCCNCc1cccc(OC)c1OC.Cl. The molecule has 0 unspecified atom stereocenters. The number of hydrogen-bond donors (Lipinski definition) is 1. The molecule has 0 spiro atoms. The van der Waals surface area contributed by atoms with E-state index < -0.39 is 0 Å². The Hall–Kier alpha value is -0.930. The van der Waals surface area contributed by atoms with Gasteiger partial charge in [0.2, 0.25) is 0 Å². The number of methoxy groups -OCH3 is 2. The van der Waals surface area contributed by atoms with Crippen LogP contribution in [-0.2, 0) is 6.54 Å². The highest BCUT2D eigenvalue weighted by Crippen LogP contribution is 2.30. The third-order valence-corrected chi connectivity index (χ3v) is 2.23. The van der Waals surface area contributed by atoms with Gasteiger partial charge in [0.1, 0.15) is 0 Å². The van der Waals surface area contributed by atoms with Crippen molar-refractivity contribution in [2.45, 2.75) is 19.9 Å². The van der Waals surface area contributed by atoms with Crippen LogP contribution in [0.15, 0.2) is 18.2 Å². The summed E-state index contributed by atoms with van der Waals surface area (Å²) in [6.07, 6.45) is 1.13. The lowest BCUT2D eigenvalue weighted by molar-refractivity contribution is 0.350. The molecular weight excluding hydrogens is 226 g/mol. The molecule has 1 N–H and O–H groups in total. The van der Waals surface area contributed by atoms with Crippen molar-refractivity contribution in [1.82, 2.24) is 5.32 Å². The number of hydrogen-bond acceptors (Lipinski definition) is 3. The Balaban J connectivity index is 0.00000225. The lowest BCUT2D eigenvalue weighted by Gasteiger charge is -2.12. The van der Waals surface area contributed by atoms with Crippen molar-refractivity contribution >= 4 is 12.4 Å². The average Bonchev–Trinajstić information content (AvgIpc) is 2.29. The van der Waals surface area contributed by atoms with Crippen LogP contribution in [0.25, 0.3) is 0 Å². The molecule has 0 amide bonds. The summed E-state index contributed by atoms with van der Waals surface area (Å²) in [5.41, 5.74) is 1.13. The Morgan fingerprint density at radius 3 is 2.50 bits per heavy atom. The lowest BCUT2D eigenvalue weighted by atomic mass is 10.2. The van der Waals surface area contributed by atoms with Crippen molar-refractivity contribution in [3.63, 3.8) is 0 Å². The molecule has 0 fully saturated rings. The molecule has 1 rings (SSSR count). The van der Waals surface area contributed by atoms with Gasteiger partial charge in [-0.25, -0.2) is 0 Å². The van der Waals surface area contributed by atoms with E-state index in [1.54, 1.807) is 14.2 Å². The highest BCUT2D eigenvalue weighted by Gasteiger charge is 2.08. The molecule has 0 saturated heterocycles. The molecule has 0 aliphatic heterocycles. The summed E-state index contributed by atoms with van der Waals surface area (Å²) in [5, 5.41) is 3.34. The van der Waals surface area contributed by atoms with E-state index in [2.05, 4.69) is 12.2 Å². The van der Waals surface area contributed by atoms with Crippen molar-refractivity contribution in [3.8, 4) is 11.5 Å². The predicted molar refractivity (Wildman–Crippen MR) is 68.8 cm³/mol. The van der Waals surface area contributed by atoms with Gasteiger partial charge in [-0.3, -0.25) is 0 Å². The van der Waals surface area contributed by atoms with E-state index in [1.807, 2.05) is 18.2 Å². The van der Waals surface area contributed by atoms with Crippen LogP contribution in [0.5, 0.6) is 11.5 Å². The molecule has 0 heterocycles. The lowest BCUT2D eigenvalue weighted by Crippen LogP contribution is -2.14. The maximum atomic E-state index is 5.33. The van der Waals surface area contributed by atoms with Crippen molar-refractivity contribution < 1.29 is 9.47 Å². The zero-order valence-corrected chi connectivity index (χ0v) is 10.9. The molecule has 92 valence electrons. The smallest absolute Gasteiger partial charge is 0.165 e. The van der Waals surface area contributed by atoms with Gasteiger partial charge >= 0.3 is 0 Å². The van der Waals surface area contributed by atoms with Crippen molar-refractivity contribution in [2.75, 3.05) is 20.8 Å². The van der Waals surface area contributed by atoms with Gasteiger partial charge < -0.3 is 14.8 Å². The normalized spacial score (nSPS) is 9.44.